The fourth-order valence-corrected chi connectivity index (χ4v) is 16.7. The topological polar surface area (TPSA) is 63.1 Å². The minimum absolute atomic E-state index is 0. The summed E-state index contributed by atoms with van der Waals surface area (Å²) in [5, 5.41) is 24.9. The summed E-state index contributed by atoms with van der Waals surface area (Å²) in [4.78, 5) is 27.2. The van der Waals surface area contributed by atoms with E-state index in [0.29, 0.717) is 12.3 Å². The van der Waals surface area contributed by atoms with Gasteiger partial charge in [-0.2, -0.15) is 0 Å². The molecule has 2 aliphatic heterocycles. The third kappa shape index (κ3) is 14.2. The van der Waals surface area contributed by atoms with E-state index in [2.05, 4.69) is 235 Å². The summed E-state index contributed by atoms with van der Waals surface area (Å²) in [6.07, 6.45) is 11.2. The van der Waals surface area contributed by atoms with Gasteiger partial charge >= 0.3 is 0 Å². The predicted molar refractivity (Wildman–Crippen MR) is 390 cm³/mol. The smallest absolute Gasteiger partial charge is 0.165 e. The molecule has 2 aliphatic rings. The first-order valence-corrected chi connectivity index (χ1v) is 34.9. The molecular weight excluding hydrogens is 1330 g/mol. The summed E-state index contributed by atoms with van der Waals surface area (Å²) in [5.41, 5.74) is 10.8. The summed E-state index contributed by atoms with van der Waals surface area (Å²) in [6, 6.07) is 44.8. The van der Waals surface area contributed by atoms with Crippen LogP contribution in [0.1, 0.15) is 194 Å². The fourth-order valence-electron chi connectivity index (χ4n) is 14.2. The second-order valence-electron chi connectivity index (χ2n) is 30.8. The van der Waals surface area contributed by atoms with Crippen molar-refractivity contribution in [3.8, 4) is 22.5 Å². The number of aromatic nitrogens is 2. The van der Waals surface area contributed by atoms with Crippen LogP contribution in [-0.2, 0) is 50.6 Å². The van der Waals surface area contributed by atoms with E-state index in [1.165, 1.54) is 91.2 Å². The van der Waals surface area contributed by atoms with Crippen molar-refractivity contribution < 1.29 is 32.7 Å². The molecule has 10 aromatic rings. The molecule has 91 heavy (non-hydrogen) atoms. The van der Waals surface area contributed by atoms with Crippen LogP contribution in [0.4, 0.5) is 0 Å². The maximum Gasteiger partial charge on any atom is 0.165 e. The van der Waals surface area contributed by atoms with Gasteiger partial charge in [0.05, 0.1) is 2.74 Å². The van der Waals surface area contributed by atoms with E-state index in [0.717, 1.165) is 114 Å². The summed E-state index contributed by atoms with van der Waals surface area (Å²) >= 11 is 3.75. The maximum atomic E-state index is 12.5. The molecule has 4 heterocycles. The van der Waals surface area contributed by atoms with Gasteiger partial charge in [0.25, 0.3) is 0 Å². The van der Waals surface area contributed by atoms with Crippen molar-refractivity contribution in [1.29, 1.82) is 0 Å². The van der Waals surface area contributed by atoms with Crippen molar-refractivity contribution in [2.45, 2.75) is 215 Å². The molecule has 8 aromatic carbocycles. The van der Waals surface area contributed by atoms with Crippen LogP contribution in [-0.4, -0.2) is 20.9 Å². The van der Waals surface area contributed by atoms with Crippen molar-refractivity contribution in [3.05, 3.63) is 167 Å². The van der Waals surface area contributed by atoms with Crippen molar-refractivity contribution in [3.63, 3.8) is 0 Å². The van der Waals surface area contributed by atoms with E-state index in [1.807, 2.05) is 35.7 Å². The maximum absolute atomic E-state index is 12.5. The molecule has 0 amide bonds. The van der Waals surface area contributed by atoms with Crippen LogP contribution in [0.2, 0.25) is 0 Å². The molecule has 479 valence electrons. The van der Waals surface area contributed by atoms with Crippen LogP contribution in [0.5, 0.6) is 0 Å². The normalized spacial score (nSPS) is 13.7. The van der Waals surface area contributed by atoms with Gasteiger partial charge in [-0.25, -0.2) is 0 Å². The first-order chi connectivity index (χ1) is 43.3. The molecule has 7 heteroatoms. The minimum Gasteiger partial charge on any atom is -0.512 e. The number of aliphatic hydroxyl groups is 1. The number of hydrogen-bond donors (Lipinski definition) is 1. The number of fused-ring (bicyclic) bond motifs is 10. The Bertz CT molecular complexity index is 4530. The van der Waals surface area contributed by atoms with Crippen LogP contribution in [0.15, 0.2) is 147 Å². The van der Waals surface area contributed by atoms with Crippen molar-refractivity contribution in [2.24, 2.45) is 32.5 Å². The van der Waals surface area contributed by atoms with Crippen LogP contribution < -0.4 is 0 Å². The number of pyridine rings is 2. The van der Waals surface area contributed by atoms with Crippen molar-refractivity contribution in [2.75, 3.05) is 0 Å². The summed E-state index contributed by atoms with van der Waals surface area (Å²) in [5.74, 6) is 0.377. The quantitative estimate of drug-likeness (QED) is 0.0537. The largest absolute Gasteiger partial charge is 0.512 e. The number of aliphatic hydroxyl groups excluding tert-OH is 1. The van der Waals surface area contributed by atoms with E-state index in [-0.39, 0.29) is 64.1 Å². The first-order valence-electron chi connectivity index (χ1n) is 34.3. The van der Waals surface area contributed by atoms with Gasteiger partial charge in [0.15, 0.2) is 5.78 Å². The summed E-state index contributed by atoms with van der Waals surface area (Å²) in [7, 11) is 0. The Balaban J connectivity index is 0.000000173. The van der Waals surface area contributed by atoms with Crippen molar-refractivity contribution >= 4 is 93.9 Å². The van der Waals surface area contributed by atoms with Gasteiger partial charge in [-0.15, -0.1) is 58.6 Å². The number of benzene rings is 8. The first kappa shape index (κ1) is 66.6. The molecule has 0 fully saturated rings. The predicted octanol–water partition coefficient (Wildman–Crippen LogP) is 25.0. The Morgan fingerprint density at radius 2 is 0.890 bits per heavy atom. The van der Waals surface area contributed by atoms with Crippen LogP contribution in [0.25, 0.3) is 87.1 Å². The molecule has 2 aromatic heterocycles. The number of aryl methyl sites for hydroxylation is 1. The Morgan fingerprint density at radius 1 is 0.484 bits per heavy atom. The second-order valence-corrected chi connectivity index (χ2v) is 32.9. The van der Waals surface area contributed by atoms with Gasteiger partial charge in [-0.3, -0.25) is 14.8 Å². The van der Waals surface area contributed by atoms with Gasteiger partial charge in [0, 0.05) is 70.5 Å². The number of ketones is 1. The van der Waals surface area contributed by atoms with Gasteiger partial charge in [-0.1, -0.05) is 230 Å². The molecule has 0 saturated carbocycles. The van der Waals surface area contributed by atoms with Crippen LogP contribution >= 0.6 is 23.5 Å². The van der Waals surface area contributed by atoms with Gasteiger partial charge < -0.3 is 5.11 Å². The van der Waals surface area contributed by atoms with Crippen molar-refractivity contribution in [1.82, 2.24) is 9.97 Å². The molecule has 0 spiro atoms. The summed E-state index contributed by atoms with van der Waals surface area (Å²) in [6.45, 7) is 42.2. The number of rotatable bonds is 13. The molecular formula is C84H98IrN2O2S2-2. The van der Waals surface area contributed by atoms with E-state index in [4.69, 9.17) is 12.7 Å². The van der Waals surface area contributed by atoms with Gasteiger partial charge in [0.1, 0.15) is 5.76 Å². The number of allylic oxidation sites excluding steroid dienone is 2. The van der Waals surface area contributed by atoms with Crippen LogP contribution in [0, 0.1) is 51.5 Å². The zero-order chi connectivity index (χ0) is 66.8. The Morgan fingerprint density at radius 3 is 1.32 bits per heavy atom. The fraction of sp³-hybridized carbons (Fsp3) is 0.417. The molecule has 0 unspecified atom stereocenters. The molecule has 0 atom stereocenters. The number of nitrogens with zero attached hydrogens (tertiary/aromatic N) is 2. The number of carbonyl (C=O) groups is 1. The average Bonchev–Trinajstić information content (AvgIpc) is 0.722. The second kappa shape index (κ2) is 26.9. The Labute approximate surface area is 570 Å². The van der Waals surface area contributed by atoms with E-state index in [9.17, 15) is 9.90 Å². The Hall–Kier alpha value is -5.82. The van der Waals surface area contributed by atoms with Crippen LogP contribution in [0.3, 0.4) is 0 Å². The van der Waals surface area contributed by atoms with E-state index >= 15 is 0 Å². The number of carbonyl (C=O) groups excluding carboxylic acids is 1. The van der Waals surface area contributed by atoms with Gasteiger partial charge in [-0.05, 0) is 181 Å². The molecule has 0 bridgehead atoms. The third-order valence-electron chi connectivity index (χ3n) is 19.2. The molecule has 4 nitrogen and oxygen atoms in total. The molecule has 1 radical (unpaired) electrons. The standard InChI is InChI=1S/C34H34NS.C33H32NS.C17H32O2.Ir/c1-20-11-12-23-22(15-20)16-27-31-30-25(13-14-35-31)24-10-8-9-21(18-33(2,3)4)26(24)17-29(30)36-32(27)28(23)19-34(5,6)7;1-32(2,3)18-21-11-9-13-23-24-14-15-34-30-26-16-20-10-7-8-12-22(20)27(19-33(4,5)6)31(26)35-28(29(24)30)17-25(21)23;1-7-16(8-2,9-3)14(18)13-15(19)17(10-4,11-5)12-6;/h8-15,17H,18-19H2,1-7H3;7-15,17H,18-19H2,1-6H3;13,18H,7-12H2,1-6H3;/q2*-1;;/b;;14-13-;/i14D;15D;;. The molecule has 1 N–H and O–H groups in total. The molecule has 0 aliphatic carbocycles. The number of hydrogen-bond acceptors (Lipinski definition) is 6. The molecule has 12 rings (SSSR count). The monoisotopic (exact) mass is 1430 g/mol. The SMILES string of the molecule is CCC(CC)(CC)C(=O)/C=C(\O)C(CC)(CC)CC.[2H]c1cc2c3c(cc4c(CC(C)(C)C)cccc42)Sc2c([c-]c4cc(C)ccc4c2CC(C)(C)C)-c3n1.[2H]c1cc2c3c(cc4c(CC(C)(C)C)cccc42)Sc2c([c-]c4ccccc4c2CC(C)(C)C)-c3n1.[Ir]. The summed E-state index contributed by atoms with van der Waals surface area (Å²) < 4.78 is 17.4. The van der Waals surface area contributed by atoms with E-state index in [1.54, 1.807) is 0 Å². The Kier molecular flexibility index (Phi) is 19.7. The average molecular weight is 1430 g/mol. The third-order valence-corrected chi connectivity index (χ3v) is 21.6. The van der Waals surface area contributed by atoms with Gasteiger partial charge in [0.2, 0.25) is 0 Å². The van der Waals surface area contributed by atoms with E-state index < -0.39 is 0 Å². The zero-order valence-electron chi connectivity index (χ0n) is 59.9. The molecule has 0 saturated heterocycles. The zero-order valence-corrected chi connectivity index (χ0v) is 61.9. The minimum atomic E-state index is -0.297.